The van der Waals surface area contributed by atoms with Crippen molar-refractivity contribution in [2.45, 2.75) is 367 Å². The summed E-state index contributed by atoms with van der Waals surface area (Å²) in [5.74, 6) is -0.492. The molecule has 85 heavy (non-hydrogen) atoms. The number of phosphoric ester groups is 1. The molecule has 1 amide bonds. The van der Waals surface area contributed by atoms with Gasteiger partial charge in [0.05, 0.1) is 33.8 Å². The Morgan fingerprint density at radius 1 is 0.412 bits per heavy atom. The third-order valence-corrected chi connectivity index (χ3v) is 17.4. The van der Waals surface area contributed by atoms with Gasteiger partial charge in [-0.15, -0.1) is 0 Å². The Morgan fingerprint density at radius 3 is 1.08 bits per heavy atom. The molecule has 0 radical (unpaired) electrons. The molecule has 0 aliphatic heterocycles. The van der Waals surface area contributed by atoms with Crippen LogP contribution in [-0.4, -0.2) is 74.3 Å². The highest BCUT2D eigenvalue weighted by Gasteiger charge is 2.30. The Labute approximate surface area is 528 Å². The molecule has 0 rings (SSSR count). The highest BCUT2D eigenvalue weighted by Crippen LogP contribution is 2.43. The molecule has 0 heterocycles. The van der Waals surface area contributed by atoms with E-state index in [1.165, 1.54) is 250 Å². The highest BCUT2D eigenvalue weighted by atomic mass is 31.2. The molecule has 3 unspecified atom stereocenters. The first-order chi connectivity index (χ1) is 41.4. The molecule has 0 aromatic carbocycles. The quantitative estimate of drug-likeness (QED) is 0.0205. The van der Waals surface area contributed by atoms with Crippen LogP contribution in [0.5, 0.6) is 0 Å². The number of hydrogen-bond acceptors (Lipinski definition) is 6. The minimum Gasteiger partial charge on any atom is -0.456 e. The molecular formula is C75H142N2O7P+. The van der Waals surface area contributed by atoms with Crippen molar-refractivity contribution in [3.05, 3.63) is 60.8 Å². The average molecular weight is 1210 g/mol. The van der Waals surface area contributed by atoms with E-state index >= 15 is 0 Å². The number of quaternary nitrogens is 1. The van der Waals surface area contributed by atoms with Gasteiger partial charge in [0, 0.05) is 12.8 Å². The maximum absolute atomic E-state index is 13.6. The van der Waals surface area contributed by atoms with Crippen molar-refractivity contribution in [3.63, 3.8) is 0 Å². The predicted molar refractivity (Wildman–Crippen MR) is 369 cm³/mol. The first-order valence-electron chi connectivity index (χ1n) is 36.6. The number of carbonyl (C=O) groups excluding carboxylic acids is 2. The van der Waals surface area contributed by atoms with Crippen molar-refractivity contribution >= 4 is 19.7 Å². The molecule has 0 aliphatic rings. The fourth-order valence-electron chi connectivity index (χ4n) is 10.8. The molecule has 2 N–H and O–H groups in total. The zero-order chi connectivity index (χ0) is 62.1. The van der Waals surface area contributed by atoms with Crippen molar-refractivity contribution in [2.24, 2.45) is 0 Å². The summed E-state index contributed by atoms with van der Waals surface area (Å²) in [6, 6.07) is -0.850. The molecule has 0 aromatic heterocycles. The Kier molecular flexibility index (Phi) is 62.9. The zero-order valence-electron chi connectivity index (χ0n) is 57.1. The largest absolute Gasteiger partial charge is 0.472 e. The van der Waals surface area contributed by atoms with Gasteiger partial charge in [0.15, 0.2) is 0 Å². The van der Waals surface area contributed by atoms with Gasteiger partial charge in [0.2, 0.25) is 5.91 Å². The molecule has 0 spiro atoms. The number of esters is 1. The van der Waals surface area contributed by atoms with Crippen molar-refractivity contribution in [2.75, 3.05) is 40.9 Å². The van der Waals surface area contributed by atoms with Crippen molar-refractivity contribution in [1.29, 1.82) is 0 Å². The number of unbranched alkanes of at least 4 members (excludes halogenated alkanes) is 43. The zero-order valence-corrected chi connectivity index (χ0v) is 58.0. The minimum atomic E-state index is -4.46. The number of hydrogen-bond donors (Lipinski definition) is 2. The maximum atomic E-state index is 13.6. The second-order valence-corrected chi connectivity index (χ2v) is 27.6. The lowest BCUT2D eigenvalue weighted by Crippen LogP contribution is -2.47. The average Bonchev–Trinajstić information content (AvgIpc) is 3.64. The first kappa shape index (κ1) is 82.7. The number of allylic oxidation sites excluding steroid dienone is 9. The van der Waals surface area contributed by atoms with Crippen LogP contribution in [-0.2, 0) is 27.9 Å². The van der Waals surface area contributed by atoms with E-state index in [0.29, 0.717) is 23.9 Å². The molecule has 0 aliphatic carbocycles. The Balaban J connectivity index is 5.05. The van der Waals surface area contributed by atoms with Crippen molar-refractivity contribution < 1.29 is 37.3 Å². The van der Waals surface area contributed by atoms with Crippen LogP contribution in [0.25, 0.3) is 0 Å². The fraction of sp³-hybridized carbons (Fsp3) is 0.840. The normalized spacial score (nSPS) is 13.8. The van der Waals surface area contributed by atoms with Crippen LogP contribution in [0.3, 0.4) is 0 Å². The summed E-state index contributed by atoms with van der Waals surface area (Å²) in [7, 11) is 1.51. The van der Waals surface area contributed by atoms with Gasteiger partial charge in [-0.25, -0.2) is 4.57 Å². The molecule has 10 heteroatoms. The summed E-state index contributed by atoms with van der Waals surface area (Å²) >= 11 is 0. The van der Waals surface area contributed by atoms with Gasteiger partial charge in [-0.05, 0) is 96.0 Å². The number of amides is 1. The van der Waals surface area contributed by atoms with Gasteiger partial charge in [-0.1, -0.05) is 307 Å². The predicted octanol–water partition coefficient (Wildman–Crippen LogP) is 23.3. The molecule has 0 saturated carbocycles. The van der Waals surface area contributed by atoms with Crippen LogP contribution in [0.2, 0.25) is 0 Å². The Bertz CT molecular complexity index is 1640. The first-order valence-corrected chi connectivity index (χ1v) is 38.1. The number of likely N-dealkylation sites (N-methyl/N-ethyl adjacent to an activating group) is 1. The van der Waals surface area contributed by atoms with Gasteiger partial charge >= 0.3 is 13.8 Å². The summed E-state index contributed by atoms with van der Waals surface area (Å²) in [6.07, 6.45) is 83.7. The van der Waals surface area contributed by atoms with Gasteiger partial charge in [-0.2, -0.15) is 0 Å². The third kappa shape index (κ3) is 66.0. The van der Waals surface area contributed by atoms with Gasteiger partial charge < -0.3 is 19.4 Å². The number of carbonyl (C=O) groups is 2. The number of ether oxygens (including phenoxy) is 1. The van der Waals surface area contributed by atoms with Crippen LogP contribution in [0.15, 0.2) is 60.8 Å². The number of nitrogens with zero attached hydrogens (tertiary/aromatic N) is 1. The van der Waals surface area contributed by atoms with Crippen LogP contribution >= 0.6 is 7.82 Å². The second kappa shape index (κ2) is 64.7. The smallest absolute Gasteiger partial charge is 0.456 e. The van der Waals surface area contributed by atoms with E-state index < -0.39 is 20.0 Å². The summed E-state index contributed by atoms with van der Waals surface area (Å²) in [6.45, 7) is 7.01. The number of phosphoric acid groups is 1. The lowest BCUT2D eigenvalue weighted by molar-refractivity contribution is -0.870. The van der Waals surface area contributed by atoms with Crippen molar-refractivity contribution in [3.8, 4) is 0 Å². The van der Waals surface area contributed by atoms with E-state index in [0.717, 1.165) is 70.6 Å². The van der Waals surface area contributed by atoms with E-state index in [9.17, 15) is 19.0 Å². The highest BCUT2D eigenvalue weighted by molar-refractivity contribution is 7.47. The maximum Gasteiger partial charge on any atom is 0.472 e. The van der Waals surface area contributed by atoms with E-state index in [-0.39, 0.29) is 25.1 Å². The number of nitrogens with one attached hydrogen (secondary N) is 1. The Hall–Kier alpha value is -2.29. The SMILES string of the molecule is CCCCC/C=C\C/C=C\CCCCCCCCCCCCCCCCCC(=O)NC(COP(=O)(O)OCC[N+](C)(C)C)C(/C=C\CCCCCCCCCCCCC)OC(=O)CCCCCCCCCCCCC/C=C\C/C=C\CCCCC. The lowest BCUT2D eigenvalue weighted by atomic mass is 10.0. The summed E-state index contributed by atoms with van der Waals surface area (Å²) < 4.78 is 30.9. The van der Waals surface area contributed by atoms with Crippen LogP contribution in [0.1, 0.15) is 355 Å². The van der Waals surface area contributed by atoms with Gasteiger partial charge in [0.1, 0.15) is 19.3 Å². The summed E-state index contributed by atoms with van der Waals surface area (Å²) in [5.41, 5.74) is 0. The minimum absolute atomic E-state index is 0.0405. The molecule has 3 atom stereocenters. The molecule has 0 aromatic rings. The van der Waals surface area contributed by atoms with Gasteiger partial charge in [0.25, 0.3) is 0 Å². The monoisotopic (exact) mass is 1210 g/mol. The Morgan fingerprint density at radius 2 is 0.718 bits per heavy atom. The van der Waals surface area contributed by atoms with E-state index in [2.05, 4.69) is 74.7 Å². The lowest BCUT2D eigenvalue weighted by Gasteiger charge is -2.27. The van der Waals surface area contributed by atoms with E-state index in [1.54, 1.807) is 0 Å². The van der Waals surface area contributed by atoms with Crippen molar-refractivity contribution in [1.82, 2.24) is 5.32 Å². The fourth-order valence-corrected chi connectivity index (χ4v) is 11.5. The van der Waals surface area contributed by atoms with Crippen LogP contribution in [0, 0.1) is 0 Å². The molecule has 9 nitrogen and oxygen atoms in total. The molecule has 0 bridgehead atoms. The molecule has 0 fully saturated rings. The molecular weight excluding hydrogens is 1070 g/mol. The summed E-state index contributed by atoms with van der Waals surface area (Å²) in [4.78, 5) is 38.0. The number of rotatable bonds is 67. The van der Waals surface area contributed by atoms with E-state index in [4.69, 9.17) is 13.8 Å². The summed E-state index contributed by atoms with van der Waals surface area (Å²) in [5, 5.41) is 3.08. The van der Waals surface area contributed by atoms with Gasteiger partial charge in [-0.3, -0.25) is 18.6 Å². The third-order valence-electron chi connectivity index (χ3n) is 16.4. The van der Waals surface area contributed by atoms with Crippen LogP contribution < -0.4 is 5.32 Å². The topological polar surface area (TPSA) is 111 Å². The van der Waals surface area contributed by atoms with Crippen LogP contribution in [0.4, 0.5) is 0 Å². The van der Waals surface area contributed by atoms with E-state index in [1.807, 2.05) is 33.3 Å². The molecule has 498 valence electrons. The second-order valence-electron chi connectivity index (χ2n) is 26.1. The molecule has 0 saturated heterocycles. The standard InChI is InChI=1S/C75H141N2O7P/c1-7-10-13-16-19-22-25-28-30-32-34-36-37-38-39-41-42-44-46-49-52-55-58-61-64-67-74(78)76-72(71-83-85(80,81)82-70-69-77(4,5)6)73(66-63-60-57-54-51-48-27-24-21-18-15-12-9-3)84-75(79)68-65-62-59-56-53-50-47-45-43-40-35-33-31-29-26-23-20-17-14-11-8-2/h19-20,22-23,28-31,63,66,72-73H,7-18,21,24-27,32-62,64-65,67-71H2,1-6H3,(H-,76,78,80,81)/p+1/b22-19-,23-20-,30-28-,31-29-,66-63-.